The van der Waals surface area contributed by atoms with Gasteiger partial charge in [0.15, 0.2) is 0 Å². The molecule has 0 aromatic carbocycles. The minimum Gasteiger partial charge on any atom is -0.478 e. The molecule has 0 spiro atoms. The number of piperidine rings is 1. The topological polar surface area (TPSA) is 62.7 Å². The number of aromatic carboxylic acids is 1. The average Bonchev–Trinajstić information content (AvgIpc) is 2.39. The van der Waals surface area contributed by atoms with E-state index in [-0.39, 0.29) is 11.7 Å². The predicted octanol–water partition coefficient (Wildman–Crippen LogP) is 2.29. The van der Waals surface area contributed by atoms with Crippen molar-refractivity contribution in [3.8, 4) is 0 Å². The van der Waals surface area contributed by atoms with Gasteiger partial charge in [-0.3, -0.25) is 0 Å². The molecule has 0 aliphatic carbocycles. The van der Waals surface area contributed by atoms with Crippen LogP contribution in [0, 0.1) is 5.92 Å². The lowest BCUT2D eigenvalue weighted by molar-refractivity contribution is 0.0496. The summed E-state index contributed by atoms with van der Waals surface area (Å²) in [6, 6.07) is 1.44. The molecule has 2 rings (SSSR count). The van der Waals surface area contributed by atoms with E-state index in [2.05, 4.69) is 11.9 Å². The maximum Gasteiger partial charge on any atom is 0.337 e. The maximum atomic E-state index is 10.8. The second-order valence-corrected chi connectivity index (χ2v) is 5.23. The highest BCUT2D eigenvalue weighted by atomic mass is 35.5. The number of rotatable bonds is 3. The zero-order valence-corrected chi connectivity index (χ0v) is 11.7. The van der Waals surface area contributed by atoms with E-state index in [0.29, 0.717) is 16.8 Å². The molecule has 2 heterocycles. The molecule has 2 atom stereocenters. The van der Waals surface area contributed by atoms with Gasteiger partial charge in [-0.25, -0.2) is 9.78 Å². The Hall–Kier alpha value is -1.33. The van der Waals surface area contributed by atoms with Crippen molar-refractivity contribution >= 4 is 23.4 Å². The van der Waals surface area contributed by atoms with Crippen molar-refractivity contribution in [3.63, 3.8) is 0 Å². The largest absolute Gasteiger partial charge is 0.478 e. The normalized spacial score (nSPS) is 23.4. The number of carboxylic acids is 1. The Morgan fingerprint density at radius 3 is 2.95 bits per heavy atom. The zero-order valence-electron chi connectivity index (χ0n) is 11.0. The molecule has 6 heteroatoms. The molecule has 0 radical (unpaired) electrons. The number of carboxylic acid groups (broad SMARTS) is 1. The lowest BCUT2D eigenvalue weighted by Gasteiger charge is -2.37. The number of anilines is 1. The fraction of sp³-hybridized carbons (Fsp3) is 0.538. The first-order valence-corrected chi connectivity index (χ1v) is 6.57. The Morgan fingerprint density at radius 1 is 1.63 bits per heavy atom. The molecule has 1 aromatic heterocycles. The molecular weight excluding hydrogens is 268 g/mol. The fourth-order valence-electron chi connectivity index (χ4n) is 2.31. The van der Waals surface area contributed by atoms with E-state index in [1.54, 1.807) is 7.11 Å². The molecule has 5 nitrogen and oxygen atoms in total. The Balaban J connectivity index is 2.20. The van der Waals surface area contributed by atoms with Gasteiger partial charge in [0.1, 0.15) is 5.82 Å². The van der Waals surface area contributed by atoms with Crippen LogP contribution in [0.1, 0.15) is 23.7 Å². The summed E-state index contributed by atoms with van der Waals surface area (Å²) in [7, 11) is 1.70. The van der Waals surface area contributed by atoms with Crippen molar-refractivity contribution in [2.24, 2.45) is 5.92 Å². The number of halogens is 1. The molecular formula is C13H17ClN2O3. The van der Waals surface area contributed by atoms with Gasteiger partial charge < -0.3 is 14.7 Å². The molecule has 1 aliphatic rings. The van der Waals surface area contributed by atoms with Gasteiger partial charge in [-0.1, -0.05) is 18.5 Å². The Labute approximate surface area is 117 Å². The molecule has 1 saturated heterocycles. The number of methoxy groups -OCH3 is 1. The van der Waals surface area contributed by atoms with E-state index in [1.807, 2.05) is 4.90 Å². The van der Waals surface area contributed by atoms with Gasteiger partial charge in [0.05, 0.1) is 16.7 Å². The third kappa shape index (κ3) is 2.98. The van der Waals surface area contributed by atoms with Crippen LogP contribution in [0.2, 0.25) is 5.02 Å². The summed E-state index contributed by atoms with van der Waals surface area (Å²) in [6.45, 7) is 3.73. The molecule has 104 valence electrons. The lowest BCUT2D eigenvalue weighted by Crippen LogP contribution is -2.44. The van der Waals surface area contributed by atoms with Crippen molar-refractivity contribution in [1.82, 2.24) is 4.98 Å². The van der Waals surface area contributed by atoms with Gasteiger partial charge in [-0.05, 0) is 18.4 Å². The first-order chi connectivity index (χ1) is 9.02. The number of nitrogens with zero attached hydrogens (tertiary/aromatic N) is 2. The van der Waals surface area contributed by atoms with E-state index in [0.717, 1.165) is 19.5 Å². The minimum absolute atomic E-state index is 0.0995. The number of hydrogen-bond acceptors (Lipinski definition) is 4. The zero-order chi connectivity index (χ0) is 14.0. The minimum atomic E-state index is -1.03. The van der Waals surface area contributed by atoms with Crippen LogP contribution in [-0.2, 0) is 4.74 Å². The number of ether oxygens (including phenoxy) is 1. The maximum absolute atomic E-state index is 10.8. The first-order valence-electron chi connectivity index (χ1n) is 6.19. The van der Waals surface area contributed by atoms with E-state index in [9.17, 15) is 4.79 Å². The fourth-order valence-corrected chi connectivity index (χ4v) is 2.60. The standard InChI is InChI=1S/C13H17ClN2O3/c1-8-3-4-16(7-11(8)19-2)12-10(14)5-9(6-15-12)13(17)18/h5-6,8,11H,3-4,7H2,1-2H3,(H,17,18). The Bertz CT molecular complexity index is 481. The van der Waals surface area contributed by atoms with Gasteiger partial charge in [0.25, 0.3) is 0 Å². The SMILES string of the molecule is COC1CN(c2ncc(C(=O)O)cc2Cl)CCC1C. The monoisotopic (exact) mass is 284 g/mol. The number of aromatic nitrogens is 1. The van der Waals surface area contributed by atoms with Crippen LogP contribution in [0.25, 0.3) is 0 Å². The van der Waals surface area contributed by atoms with Crippen LogP contribution < -0.4 is 4.90 Å². The van der Waals surface area contributed by atoms with Crippen LogP contribution in [0.15, 0.2) is 12.3 Å². The molecule has 1 aliphatic heterocycles. The summed E-state index contributed by atoms with van der Waals surface area (Å²) in [6.07, 6.45) is 2.48. The van der Waals surface area contributed by atoms with Crippen molar-refractivity contribution in [1.29, 1.82) is 0 Å². The van der Waals surface area contributed by atoms with E-state index in [1.165, 1.54) is 12.3 Å². The number of hydrogen-bond donors (Lipinski definition) is 1. The van der Waals surface area contributed by atoms with Gasteiger partial charge in [0.2, 0.25) is 0 Å². The van der Waals surface area contributed by atoms with Crippen molar-refractivity contribution in [2.75, 3.05) is 25.1 Å². The lowest BCUT2D eigenvalue weighted by atomic mass is 9.96. The highest BCUT2D eigenvalue weighted by molar-refractivity contribution is 6.33. The second-order valence-electron chi connectivity index (χ2n) is 4.82. The highest BCUT2D eigenvalue weighted by Gasteiger charge is 2.28. The molecule has 1 fully saturated rings. The van der Waals surface area contributed by atoms with Crippen LogP contribution in [-0.4, -0.2) is 42.4 Å². The van der Waals surface area contributed by atoms with Crippen LogP contribution in [0.4, 0.5) is 5.82 Å². The van der Waals surface area contributed by atoms with Crippen LogP contribution in [0.5, 0.6) is 0 Å². The van der Waals surface area contributed by atoms with Crippen molar-refractivity contribution in [3.05, 3.63) is 22.8 Å². The summed E-state index contributed by atoms with van der Waals surface area (Å²) >= 11 is 6.13. The van der Waals surface area contributed by atoms with Crippen molar-refractivity contribution in [2.45, 2.75) is 19.4 Å². The Kier molecular flexibility index (Phi) is 4.27. The average molecular weight is 285 g/mol. The number of pyridine rings is 1. The van der Waals surface area contributed by atoms with Gasteiger partial charge in [0, 0.05) is 26.4 Å². The number of carbonyl (C=O) groups is 1. The molecule has 1 N–H and O–H groups in total. The Morgan fingerprint density at radius 2 is 2.37 bits per heavy atom. The quantitative estimate of drug-likeness (QED) is 0.923. The van der Waals surface area contributed by atoms with Crippen LogP contribution >= 0.6 is 11.6 Å². The third-order valence-electron chi connectivity index (χ3n) is 3.56. The summed E-state index contributed by atoms with van der Waals surface area (Å²) in [5.74, 6) is 0.0990. The molecule has 19 heavy (non-hydrogen) atoms. The molecule has 0 amide bonds. The summed E-state index contributed by atoms with van der Waals surface area (Å²) in [5, 5.41) is 9.26. The summed E-state index contributed by atoms with van der Waals surface area (Å²) in [5.41, 5.74) is 0.0995. The molecule has 0 bridgehead atoms. The molecule has 1 aromatic rings. The van der Waals surface area contributed by atoms with Crippen LogP contribution in [0.3, 0.4) is 0 Å². The predicted molar refractivity (Wildman–Crippen MR) is 73.0 cm³/mol. The highest BCUT2D eigenvalue weighted by Crippen LogP contribution is 2.29. The van der Waals surface area contributed by atoms with Gasteiger partial charge in [-0.2, -0.15) is 0 Å². The van der Waals surface area contributed by atoms with Gasteiger partial charge in [-0.15, -0.1) is 0 Å². The van der Waals surface area contributed by atoms with E-state index >= 15 is 0 Å². The molecule has 0 saturated carbocycles. The second kappa shape index (κ2) is 5.75. The third-order valence-corrected chi connectivity index (χ3v) is 3.84. The smallest absolute Gasteiger partial charge is 0.337 e. The summed E-state index contributed by atoms with van der Waals surface area (Å²) < 4.78 is 5.45. The summed E-state index contributed by atoms with van der Waals surface area (Å²) in [4.78, 5) is 17.1. The van der Waals surface area contributed by atoms with Crippen molar-refractivity contribution < 1.29 is 14.6 Å². The van der Waals surface area contributed by atoms with Gasteiger partial charge >= 0.3 is 5.97 Å². The first kappa shape index (κ1) is 14.1. The van der Waals surface area contributed by atoms with E-state index in [4.69, 9.17) is 21.4 Å². The van der Waals surface area contributed by atoms with E-state index < -0.39 is 5.97 Å². The molecule has 2 unspecified atom stereocenters.